The number of aryl methyl sites for hydroxylation is 1. The predicted molar refractivity (Wildman–Crippen MR) is 239 cm³/mol. The van der Waals surface area contributed by atoms with Crippen LogP contribution in [0.25, 0.3) is 81.2 Å². The Morgan fingerprint density at radius 2 is 1.34 bits per heavy atom. The number of allylic oxidation sites excluding steroid dienone is 1. The van der Waals surface area contributed by atoms with Crippen LogP contribution >= 0.6 is 11.3 Å². The van der Waals surface area contributed by atoms with Gasteiger partial charge in [-0.1, -0.05) is 111 Å². The molecule has 0 unspecified atom stereocenters. The lowest BCUT2D eigenvalue weighted by molar-refractivity contribution is 0.661. The number of nitrogens with zero attached hydrogens (tertiary/aromatic N) is 1. The zero-order valence-corrected chi connectivity index (χ0v) is 32.1. The molecule has 0 radical (unpaired) electrons. The smallest absolute Gasteiger partial charge is 0.137 e. The van der Waals surface area contributed by atoms with Crippen LogP contribution in [0.3, 0.4) is 0 Å². The zero-order valence-electron chi connectivity index (χ0n) is 31.3. The number of para-hydroxylation sites is 1. The lowest BCUT2D eigenvalue weighted by Crippen LogP contribution is -2.15. The van der Waals surface area contributed by atoms with Crippen LogP contribution in [0.5, 0.6) is 0 Å². The molecule has 0 fully saturated rings. The van der Waals surface area contributed by atoms with Crippen molar-refractivity contribution in [3.63, 3.8) is 0 Å². The fraction of sp³-hybridized carbons (Fsp3) is 0.0943. The number of hydrogen-bond donors (Lipinski definition) is 0. The first-order valence-corrected chi connectivity index (χ1v) is 20.5. The van der Waals surface area contributed by atoms with Gasteiger partial charge in [-0.05, 0) is 123 Å². The molecule has 2 nitrogen and oxygen atoms in total. The van der Waals surface area contributed by atoms with Gasteiger partial charge < -0.3 is 9.32 Å². The Morgan fingerprint density at radius 3 is 2.27 bits per heavy atom. The quantitative estimate of drug-likeness (QED) is 0.179. The van der Waals surface area contributed by atoms with Gasteiger partial charge >= 0.3 is 0 Å². The van der Waals surface area contributed by atoms with Gasteiger partial charge in [0.05, 0.1) is 5.69 Å². The van der Waals surface area contributed by atoms with Crippen LogP contribution in [0, 0.1) is 0 Å². The van der Waals surface area contributed by atoms with Crippen molar-refractivity contribution in [1.29, 1.82) is 0 Å². The van der Waals surface area contributed by atoms with E-state index < -0.39 is 0 Å². The molecule has 2 aliphatic rings. The summed E-state index contributed by atoms with van der Waals surface area (Å²) in [5.74, 6) is 0. The van der Waals surface area contributed by atoms with Crippen LogP contribution in [-0.2, 0) is 11.8 Å². The molecule has 0 saturated heterocycles. The van der Waals surface area contributed by atoms with Crippen molar-refractivity contribution >= 4 is 87.4 Å². The lowest BCUT2D eigenvalue weighted by Gasteiger charge is -2.28. The molecule has 12 rings (SSSR count). The Hall–Kier alpha value is -6.42. The van der Waals surface area contributed by atoms with Crippen molar-refractivity contribution in [2.24, 2.45) is 0 Å². The van der Waals surface area contributed by atoms with E-state index in [1.54, 1.807) is 0 Å². The van der Waals surface area contributed by atoms with E-state index >= 15 is 0 Å². The van der Waals surface area contributed by atoms with Gasteiger partial charge in [-0.25, -0.2) is 0 Å². The van der Waals surface area contributed by atoms with Gasteiger partial charge in [-0.3, -0.25) is 0 Å². The van der Waals surface area contributed by atoms with Crippen molar-refractivity contribution in [3.05, 3.63) is 180 Å². The average Bonchev–Trinajstić information content (AvgIpc) is 3.88. The molecule has 0 spiro atoms. The van der Waals surface area contributed by atoms with Crippen molar-refractivity contribution in [3.8, 4) is 22.3 Å². The van der Waals surface area contributed by atoms with Crippen LogP contribution in [0.2, 0.25) is 0 Å². The van der Waals surface area contributed by atoms with Gasteiger partial charge in [0, 0.05) is 59.2 Å². The molecule has 56 heavy (non-hydrogen) atoms. The highest BCUT2D eigenvalue weighted by molar-refractivity contribution is 7.25. The first-order valence-electron chi connectivity index (χ1n) is 19.6. The maximum atomic E-state index is 6.55. The third-order valence-corrected chi connectivity index (χ3v) is 13.7. The number of hydrogen-bond acceptors (Lipinski definition) is 3. The number of anilines is 3. The second-order valence-electron chi connectivity index (χ2n) is 16.0. The molecule has 266 valence electrons. The minimum absolute atomic E-state index is 0.116. The Balaban J connectivity index is 1.17. The van der Waals surface area contributed by atoms with Crippen LogP contribution in [0.1, 0.15) is 42.5 Å². The second-order valence-corrected chi connectivity index (χ2v) is 17.0. The molecule has 2 heterocycles. The Bertz CT molecular complexity index is 3290. The van der Waals surface area contributed by atoms with Crippen LogP contribution in [0.15, 0.2) is 162 Å². The fourth-order valence-electron chi connectivity index (χ4n) is 9.78. The van der Waals surface area contributed by atoms with Gasteiger partial charge in [0.15, 0.2) is 0 Å². The fourth-order valence-corrected chi connectivity index (χ4v) is 10.9. The molecule has 2 aliphatic carbocycles. The largest absolute Gasteiger partial charge is 0.456 e. The van der Waals surface area contributed by atoms with Crippen molar-refractivity contribution in [1.82, 2.24) is 0 Å². The molecule has 0 saturated carbocycles. The minimum Gasteiger partial charge on any atom is -0.456 e. The molecule has 0 atom stereocenters. The maximum Gasteiger partial charge on any atom is 0.137 e. The van der Waals surface area contributed by atoms with Gasteiger partial charge in [0.2, 0.25) is 0 Å². The topological polar surface area (TPSA) is 16.4 Å². The molecular formula is C53H37NOS. The zero-order chi connectivity index (χ0) is 37.1. The molecule has 8 aromatic carbocycles. The first kappa shape index (κ1) is 31.9. The highest BCUT2D eigenvalue weighted by Gasteiger charge is 2.36. The molecule has 0 aliphatic heterocycles. The average molecular weight is 736 g/mol. The summed E-state index contributed by atoms with van der Waals surface area (Å²) in [6.45, 7) is 4.75. The maximum absolute atomic E-state index is 6.55. The molecule has 0 N–H and O–H groups in total. The highest BCUT2D eigenvalue weighted by atomic mass is 32.1. The number of rotatable bonds is 4. The standard InChI is InChI=1S/C53H37NOS/c1-53(2)45-18-10-8-16-38(45)42-30-43-41(31-46(42)53)36(32-12-4-3-5-13-32)24-25-47(43)54(35-21-23-40-39-17-9-11-19-48(39)55-49(40)29-35)34-22-27-50-44(28-34)52-37-15-7-6-14-33(37)20-26-51(52)56-50/h3-5,7-13,15-31H,6,14H2,1-2H3. The van der Waals surface area contributed by atoms with Crippen molar-refractivity contribution < 1.29 is 4.42 Å². The van der Waals surface area contributed by atoms with Gasteiger partial charge in [-0.15, -0.1) is 11.3 Å². The summed E-state index contributed by atoms with van der Waals surface area (Å²) in [5.41, 5.74) is 15.7. The first-order chi connectivity index (χ1) is 27.5. The number of benzene rings is 8. The summed E-state index contributed by atoms with van der Waals surface area (Å²) in [6.07, 6.45) is 6.87. The summed E-state index contributed by atoms with van der Waals surface area (Å²) in [7, 11) is 0. The lowest BCUT2D eigenvalue weighted by atomic mass is 9.81. The summed E-state index contributed by atoms with van der Waals surface area (Å²) in [4.78, 5) is 2.47. The summed E-state index contributed by atoms with van der Waals surface area (Å²) < 4.78 is 9.20. The molecule has 0 bridgehead atoms. The Labute approximate surface area is 329 Å². The monoisotopic (exact) mass is 735 g/mol. The molecule has 10 aromatic rings. The van der Waals surface area contributed by atoms with E-state index in [1.165, 1.54) is 75.5 Å². The highest BCUT2D eigenvalue weighted by Crippen LogP contribution is 2.53. The Morgan fingerprint density at radius 1 is 0.554 bits per heavy atom. The summed E-state index contributed by atoms with van der Waals surface area (Å²) >= 11 is 1.89. The van der Waals surface area contributed by atoms with E-state index in [0.717, 1.165) is 51.8 Å². The van der Waals surface area contributed by atoms with Crippen LogP contribution < -0.4 is 4.90 Å². The SMILES string of the molecule is CC1(C)c2ccccc2-c2cc3c(N(c4ccc5c(c4)oc4ccccc45)c4ccc5sc6ccc7c(c6c5c4)C=CCC7)ccc(-c4ccccc4)c3cc21. The van der Waals surface area contributed by atoms with Crippen molar-refractivity contribution in [2.45, 2.75) is 32.1 Å². The molecule has 0 amide bonds. The Kier molecular flexibility index (Phi) is 6.71. The predicted octanol–water partition coefficient (Wildman–Crippen LogP) is 15.5. The molecule has 2 aromatic heterocycles. The van der Waals surface area contributed by atoms with Gasteiger partial charge in [0.1, 0.15) is 11.2 Å². The number of fused-ring (bicyclic) bond motifs is 12. The second kappa shape index (κ2) is 11.8. The van der Waals surface area contributed by atoms with E-state index in [4.69, 9.17) is 4.42 Å². The molecular weight excluding hydrogens is 699 g/mol. The summed E-state index contributed by atoms with van der Waals surface area (Å²) in [5, 5.41) is 7.42. The van der Waals surface area contributed by atoms with E-state index in [2.05, 4.69) is 176 Å². The van der Waals surface area contributed by atoms with E-state index in [0.29, 0.717) is 0 Å². The normalized spacial score (nSPS) is 14.2. The van der Waals surface area contributed by atoms with Crippen LogP contribution in [0.4, 0.5) is 17.1 Å². The van der Waals surface area contributed by atoms with Crippen molar-refractivity contribution in [2.75, 3.05) is 4.90 Å². The third kappa shape index (κ3) is 4.55. The van der Waals surface area contributed by atoms with E-state index in [1.807, 2.05) is 17.4 Å². The summed E-state index contributed by atoms with van der Waals surface area (Å²) in [6, 6.07) is 56.3. The van der Waals surface area contributed by atoms with Gasteiger partial charge in [0.25, 0.3) is 0 Å². The van der Waals surface area contributed by atoms with Crippen LogP contribution in [-0.4, -0.2) is 0 Å². The number of thiophene rings is 1. The third-order valence-electron chi connectivity index (χ3n) is 12.5. The van der Waals surface area contributed by atoms with Gasteiger partial charge in [-0.2, -0.15) is 0 Å². The number of furan rings is 1. The molecule has 3 heteroatoms. The van der Waals surface area contributed by atoms with E-state index in [-0.39, 0.29) is 5.41 Å². The van der Waals surface area contributed by atoms with E-state index in [9.17, 15) is 0 Å². The minimum atomic E-state index is -0.116.